The van der Waals surface area contributed by atoms with E-state index in [4.69, 9.17) is 14.9 Å². The Morgan fingerprint density at radius 3 is 2.88 bits per heavy atom. The topological polar surface area (TPSA) is 61.3 Å². The number of hydrogen-bond donors (Lipinski definition) is 1. The van der Waals surface area contributed by atoms with Crippen molar-refractivity contribution in [3.05, 3.63) is 35.9 Å². The minimum absolute atomic E-state index is 0.348. The number of hydrogen-bond acceptors (Lipinski definition) is 4. The molecule has 16 heavy (non-hydrogen) atoms. The molecule has 0 saturated heterocycles. The molecule has 0 saturated carbocycles. The molecular formula is C12H14N2O2. The molecule has 0 radical (unpaired) electrons. The second-order valence-corrected chi connectivity index (χ2v) is 3.51. The van der Waals surface area contributed by atoms with Gasteiger partial charge < -0.3 is 14.9 Å². The van der Waals surface area contributed by atoms with Crippen LogP contribution in [-0.2, 0) is 6.54 Å². The van der Waals surface area contributed by atoms with Gasteiger partial charge in [0.1, 0.15) is 17.2 Å². The van der Waals surface area contributed by atoms with E-state index in [-0.39, 0.29) is 0 Å². The molecule has 0 bridgehead atoms. The molecule has 4 heteroatoms. The molecule has 4 nitrogen and oxygen atoms in total. The van der Waals surface area contributed by atoms with Crippen molar-refractivity contribution in [2.24, 2.45) is 5.73 Å². The average Bonchev–Trinajstić information content (AvgIpc) is 2.77. The summed E-state index contributed by atoms with van der Waals surface area (Å²) in [6, 6.07) is 5.87. The van der Waals surface area contributed by atoms with E-state index < -0.39 is 0 Å². The fourth-order valence-corrected chi connectivity index (χ4v) is 1.68. The van der Waals surface area contributed by atoms with Gasteiger partial charge in [-0.3, -0.25) is 0 Å². The number of oxazole rings is 1. The summed E-state index contributed by atoms with van der Waals surface area (Å²) in [6.45, 7) is 2.34. The van der Waals surface area contributed by atoms with Gasteiger partial charge in [0.25, 0.3) is 0 Å². The number of ether oxygens (including phenoxy) is 1. The van der Waals surface area contributed by atoms with Crippen LogP contribution in [0.4, 0.5) is 0 Å². The third kappa shape index (κ3) is 1.79. The lowest BCUT2D eigenvalue weighted by atomic mass is 10.1. The summed E-state index contributed by atoms with van der Waals surface area (Å²) < 4.78 is 10.4. The minimum Gasteiger partial charge on any atom is -0.496 e. The highest BCUT2D eigenvalue weighted by atomic mass is 16.5. The van der Waals surface area contributed by atoms with E-state index in [2.05, 4.69) is 4.98 Å². The number of aryl methyl sites for hydroxylation is 1. The highest BCUT2D eigenvalue weighted by Gasteiger charge is 2.10. The molecular weight excluding hydrogens is 204 g/mol. The average molecular weight is 218 g/mol. The van der Waals surface area contributed by atoms with Gasteiger partial charge in [-0.15, -0.1) is 0 Å². The standard InChI is InChI=1S/C12H14N2O2/c1-8-5-9(3-4-10(8)15-2)12-11(6-13)16-7-14-12/h3-5,7H,6,13H2,1-2H3. The van der Waals surface area contributed by atoms with Crippen molar-refractivity contribution in [2.45, 2.75) is 13.5 Å². The third-order valence-electron chi connectivity index (χ3n) is 2.49. The van der Waals surface area contributed by atoms with Gasteiger partial charge in [-0.1, -0.05) is 0 Å². The molecule has 0 spiro atoms. The van der Waals surface area contributed by atoms with Crippen LogP contribution in [0.2, 0.25) is 0 Å². The lowest BCUT2D eigenvalue weighted by molar-refractivity contribution is 0.412. The first-order chi connectivity index (χ1) is 7.76. The van der Waals surface area contributed by atoms with Crippen molar-refractivity contribution in [3.63, 3.8) is 0 Å². The zero-order chi connectivity index (χ0) is 11.5. The van der Waals surface area contributed by atoms with Crippen LogP contribution in [0.5, 0.6) is 5.75 Å². The molecule has 0 atom stereocenters. The highest BCUT2D eigenvalue weighted by Crippen LogP contribution is 2.27. The van der Waals surface area contributed by atoms with Crippen molar-refractivity contribution < 1.29 is 9.15 Å². The number of benzene rings is 1. The summed E-state index contributed by atoms with van der Waals surface area (Å²) in [5, 5.41) is 0. The monoisotopic (exact) mass is 218 g/mol. The summed E-state index contributed by atoms with van der Waals surface area (Å²) in [5.74, 6) is 1.56. The van der Waals surface area contributed by atoms with Crippen LogP contribution in [0.3, 0.4) is 0 Å². The van der Waals surface area contributed by atoms with Gasteiger partial charge in [-0.2, -0.15) is 0 Å². The molecule has 1 aromatic heterocycles. The Morgan fingerprint density at radius 1 is 1.44 bits per heavy atom. The van der Waals surface area contributed by atoms with Crippen LogP contribution in [0.15, 0.2) is 29.0 Å². The van der Waals surface area contributed by atoms with Crippen LogP contribution in [0, 0.1) is 6.92 Å². The third-order valence-corrected chi connectivity index (χ3v) is 2.49. The number of nitrogens with two attached hydrogens (primary N) is 1. The lowest BCUT2D eigenvalue weighted by Gasteiger charge is -2.06. The van der Waals surface area contributed by atoms with Crippen LogP contribution in [-0.4, -0.2) is 12.1 Å². The van der Waals surface area contributed by atoms with E-state index in [1.807, 2.05) is 25.1 Å². The molecule has 1 heterocycles. The number of methoxy groups -OCH3 is 1. The zero-order valence-corrected chi connectivity index (χ0v) is 9.36. The Kier molecular flexibility index (Phi) is 2.92. The number of aromatic nitrogens is 1. The largest absolute Gasteiger partial charge is 0.496 e. The van der Waals surface area contributed by atoms with E-state index in [0.29, 0.717) is 12.3 Å². The molecule has 2 N–H and O–H groups in total. The molecule has 0 fully saturated rings. The Labute approximate surface area is 94.1 Å². The molecule has 1 aromatic carbocycles. The summed E-state index contributed by atoms with van der Waals surface area (Å²) in [7, 11) is 1.66. The van der Waals surface area contributed by atoms with Crippen LogP contribution in [0.1, 0.15) is 11.3 Å². The van der Waals surface area contributed by atoms with Crippen molar-refractivity contribution in [1.82, 2.24) is 4.98 Å². The molecule has 0 aliphatic carbocycles. The predicted molar refractivity (Wildman–Crippen MR) is 61.1 cm³/mol. The smallest absolute Gasteiger partial charge is 0.181 e. The van der Waals surface area contributed by atoms with E-state index in [1.165, 1.54) is 6.39 Å². The van der Waals surface area contributed by atoms with Crippen molar-refractivity contribution in [1.29, 1.82) is 0 Å². The van der Waals surface area contributed by atoms with Gasteiger partial charge in [0.15, 0.2) is 6.39 Å². The molecule has 0 aliphatic heterocycles. The van der Waals surface area contributed by atoms with Gasteiger partial charge in [-0.25, -0.2) is 4.98 Å². The number of nitrogens with zero attached hydrogens (tertiary/aromatic N) is 1. The van der Waals surface area contributed by atoms with Gasteiger partial charge in [0.2, 0.25) is 0 Å². The maximum atomic E-state index is 5.57. The van der Waals surface area contributed by atoms with Gasteiger partial charge >= 0.3 is 0 Å². The van der Waals surface area contributed by atoms with E-state index in [0.717, 1.165) is 22.6 Å². The Morgan fingerprint density at radius 2 is 2.25 bits per heavy atom. The van der Waals surface area contributed by atoms with Crippen LogP contribution >= 0.6 is 0 Å². The minimum atomic E-state index is 0.348. The second kappa shape index (κ2) is 4.37. The van der Waals surface area contributed by atoms with E-state index in [1.54, 1.807) is 7.11 Å². The zero-order valence-electron chi connectivity index (χ0n) is 9.36. The summed E-state index contributed by atoms with van der Waals surface area (Å²) in [5.41, 5.74) is 8.42. The Bertz CT molecular complexity index is 492. The number of rotatable bonds is 3. The fraction of sp³-hybridized carbons (Fsp3) is 0.250. The Hall–Kier alpha value is -1.81. The Balaban J connectivity index is 2.45. The molecule has 84 valence electrons. The molecule has 0 unspecified atom stereocenters. The van der Waals surface area contributed by atoms with Crippen molar-refractivity contribution in [3.8, 4) is 17.0 Å². The fourth-order valence-electron chi connectivity index (χ4n) is 1.68. The summed E-state index contributed by atoms with van der Waals surface area (Å²) in [4.78, 5) is 4.17. The first kappa shape index (κ1) is 10.7. The van der Waals surface area contributed by atoms with Gasteiger partial charge in [0, 0.05) is 5.56 Å². The van der Waals surface area contributed by atoms with Crippen molar-refractivity contribution in [2.75, 3.05) is 7.11 Å². The lowest BCUT2D eigenvalue weighted by Crippen LogP contribution is -1.97. The van der Waals surface area contributed by atoms with Gasteiger partial charge in [0.05, 0.1) is 13.7 Å². The van der Waals surface area contributed by atoms with E-state index >= 15 is 0 Å². The van der Waals surface area contributed by atoms with Crippen LogP contribution in [0.25, 0.3) is 11.3 Å². The first-order valence-electron chi connectivity index (χ1n) is 5.03. The molecule has 2 rings (SSSR count). The first-order valence-corrected chi connectivity index (χ1v) is 5.03. The maximum absolute atomic E-state index is 5.57. The van der Waals surface area contributed by atoms with Crippen LogP contribution < -0.4 is 10.5 Å². The SMILES string of the molecule is COc1ccc(-c2ncoc2CN)cc1C. The summed E-state index contributed by atoms with van der Waals surface area (Å²) in [6.07, 6.45) is 1.41. The molecule has 0 aliphatic rings. The highest BCUT2D eigenvalue weighted by molar-refractivity contribution is 5.63. The van der Waals surface area contributed by atoms with E-state index in [9.17, 15) is 0 Å². The normalized spacial score (nSPS) is 10.4. The van der Waals surface area contributed by atoms with Gasteiger partial charge in [-0.05, 0) is 30.7 Å². The molecule has 2 aromatic rings. The molecule has 0 amide bonds. The quantitative estimate of drug-likeness (QED) is 0.857. The second-order valence-electron chi connectivity index (χ2n) is 3.51. The maximum Gasteiger partial charge on any atom is 0.181 e. The predicted octanol–water partition coefficient (Wildman–Crippen LogP) is 2.12. The summed E-state index contributed by atoms with van der Waals surface area (Å²) >= 11 is 0. The van der Waals surface area contributed by atoms with Crippen molar-refractivity contribution >= 4 is 0 Å².